The smallest absolute Gasteiger partial charge is 0.193 e. The maximum Gasteiger partial charge on any atom is 0.193 e. The fourth-order valence-corrected chi connectivity index (χ4v) is 10.2. The molecule has 0 bridgehead atoms. The third-order valence-corrected chi connectivity index (χ3v) is 12.2. The van der Waals surface area contributed by atoms with E-state index in [0.29, 0.717) is 5.92 Å². The van der Waals surface area contributed by atoms with Crippen LogP contribution in [0, 0.1) is 6.92 Å². The first kappa shape index (κ1) is 29.6. The van der Waals surface area contributed by atoms with Gasteiger partial charge in [-0.2, -0.15) is 0 Å². The van der Waals surface area contributed by atoms with E-state index < -0.39 is 5.41 Å². The summed E-state index contributed by atoms with van der Waals surface area (Å²) in [5, 5.41) is 6.71. The van der Waals surface area contributed by atoms with Crippen LogP contribution in [0.2, 0.25) is 0 Å². The largest absolute Gasteiger partial charge is 0.354 e. The predicted octanol–water partition coefficient (Wildman–Crippen LogP) is 10.3. The molecule has 8 aromatic carbocycles. The molecule has 0 fully saturated rings. The lowest BCUT2D eigenvalue weighted by molar-refractivity contribution is 0.741. The molecule has 0 aromatic heterocycles. The minimum Gasteiger partial charge on any atom is -0.354 e. The summed E-state index contributed by atoms with van der Waals surface area (Å²) in [6, 6.07) is 63.7. The van der Waals surface area contributed by atoms with Crippen molar-refractivity contribution in [3.05, 3.63) is 214 Å². The van der Waals surface area contributed by atoms with Crippen LogP contribution in [0.15, 0.2) is 170 Å². The van der Waals surface area contributed by atoms with Gasteiger partial charge in [-0.15, -0.1) is 0 Å². The molecule has 0 saturated heterocycles. The number of nitrogens with one attached hydrogen (secondary N) is 1. The highest BCUT2D eigenvalue weighted by Gasteiger charge is 2.45. The van der Waals surface area contributed by atoms with E-state index in [1.165, 1.54) is 94.1 Å². The van der Waals surface area contributed by atoms with Gasteiger partial charge in [-0.05, 0) is 85.8 Å². The Bertz CT molecular complexity index is 2690. The molecule has 52 heavy (non-hydrogen) atoms. The molecule has 1 aliphatic carbocycles. The number of hydrogen-bond donors (Lipinski definition) is 1. The van der Waals surface area contributed by atoms with Crippen molar-refractivity contribution in [1.82, 2.24) is 0 Å². The van der Waals surface area contributed by atoms with E-state index in [9.17, 15) is 0 Å². The molecule has 2 heteroatoms. The van der Waals surface area contributed by atoms with E-state index in [1.54, 1.807) is 0 Å². The van der Waals surface area contributed by atoms with Crippen molar-refractivity contribution < 1.29 is 0 Å². The Morgan fingerprint density at radius 2 is 1.29 bits per heavy atom. The Morgan fingerprint density at radius 1 is 0.596 bits per heavy atom. The summed E-state index contributed by atoms with van der Waals surface area (Å²) in [4.78, 5) is 0. The predicted molar refractivity (Wildman–Crippen MR) is 220 cm³/mol. The lowest BCUT2D eigenvalue weighted by atomic mass is 9.50. The molecule has 1 unspecified atom stereocenters. The first-order chi connectivity index (χ1) is 25.7. The summed E-state index contributed by atoms with van der Waals surface area (Å²) in [5.74, 6) is 0.322. The number of benzene rings is 8. The molecule has 0 saturated carbocycles. The maximum atomic E-state index is 4.02. The van der Waals surface area contributed by atoms with E-state index in [4.69, 9.17) is 0 Å². The van der Waals surface area contributed by atoms with Gasteiger partial charge in [-0.25, -0.2) is 0 Å². The molecule has 1 N–H and O–H groups in total. The molecule has 0 radical (unpaired) electrons. The summed E-state index contributed by atoms with van der Waals surface area (Å²) in [5.41, 5.74) is 21.1. The zero-order valence-corrected chi connectivity index (χ0v) is 29.2. The van der Waals surface area contributed by atoms with Crippen LogP contribution in [0.25, 0.3) is 33.0 Å². The standard InChI is InChI=1S/C50H36BN/c1-31-28-40(48-41(29-31)39-30-33-27-26-32-14-8-9-19-36(32)46(33)38-21-13-24-44(51-48)47(38)39)37-20-12-23-43-49(37)52-45-25-11-10-22-42(45)50(43,34-15-4-2-5-16-34)35-17-6-3-7-18-35/h2-29,39,51-52H,30H2,1H3. The van der Waals surface area contributed by atoms with Gasteiger partial charge in [-0.3, -0.25) is 0 Å². The fraction of sp³-hybridized carbons (Fsp3) is 0.0800. The van der Waals surface area contributed by atoms with Gasteiger partial charge in [0, 0.05) is 17.2 Å². The Hall–Kier alpha value is -6.12. The second kappa shape index (κ2) is 11.2. The van der Waals surface area contributed by atoms with Crippen LogP contribution in [0.4, 0.5) is 11.4 Å². The average Bonchev–Trinajstić information content (AvgIpc) is 3.20. The molecule has 11 rings (SSSR count). The topological polar surface area (TPSA) is 12.0 Å². The van der Waals surface area contributed by atoms with Gasteiger partial charge in [0.2, 0.25) is 0 Å². The van der Waals surface area contributed by atoms with Crippen LogP contribution >= 0.6 is 0 Å². The van der Waals surface area contributed by atoms with Crippen molar-refractivity contribution in [3.63, 3.8) is 0 Å². The second-order valence-corrected chi connectivity index (χ2v) is 14.9. The summed E-state index contributed by atoms with van der Waals surface area (Å²) >= 11 is 0. The fourth-order valence-electron chi connectivity index (χ4n) is 10.2. The number of hydrogen-bond acceptors (Lipinski definition) is 1. The van der Waals surface area contributed by atoms with Gasteiger partial charge in [0.25, 0.3) is 0 Å². The van der Waals surface area contributed by atoms with Crippen molar-refractivity contribution in [1.29, 1.82) is 0 Å². The number of aryl methyl sites for hydroxylation is 1. The van der Waals surface area contributed by atoms with E-state index >= 15 is 0 Å². The Labute approximate surface area is 305 Å². The molecule has 8 aromatic rings. The number of rotatable bonds is 3. The van der Waals surface area contributed by atoms with Gasteiger partial charge >= 0.3 is 0 Å². The van der Waals surface area contributed by atoms with Crippen molar-refractivity contribution in [2.75, 3.05) is 5.32 Å². The quantitative estimate of drug-likeness (QED) is 0.186. The first-order valence-electron chi connectivity index (χ1n) is 18.6. The van der Waals surface area contributed by atoms with Crippen molar-refractivity contribution in [3.8, 4) is 22.3 Å². The lowest BCUT2D eigenvalue weighted by Gasteiger charge is -2.43. The van der Waals surface area contributed by atoms with Crippen LogP contribution in [0.3, 0.4) is 0 Å². The maximum absolute atomic E-state index is 4.02. The molecule has 1 atom stereocenters. The average molecular weight is 662 g/mol. The van der Waals surface area contributed by atoms with E-state index in [0.717, 1.165) is 19.4 Å². The third kappa shape index (κ3) is 4.07. The Balaban J connectivity index is 1.16. The van der Waals surface area contributed by atoms with Crippen molar-refractivity contribution in [2.24, 2.45) is 0 Å². The van der Waals surface area contributed by atoms with Gasteiger partial charge < -0.3 is 5.32 Å². The highest BCUT2D eigenvalue weighted by Crippen LogP contribution is 2.55. The van der Waals surface area contributed by atoms with Crippen molar-refractivity contribution in [2.45, 2.75) is 24.7 Å². The zero-order valence-electron chi connectivity index (χ0n) is 29.2. The summed E-state index contributed by atoms with van der Waals surface area (Å²) in [7, 11) is 0.924. The molecule has 244 valence electrons. The number of anilines is 2. The van der Waals surface area contributed by atoms with Gasteiger partial charge in [0.1, 0.15) is 0 Å². The SMILES string of the molecule is Cc1cc(-c2cccc3c2Nc2ccccc2C3(c2ccccc2)c2ccccc2)c2c(c1)C1Cc3ccc4ccccc4c3-c3cccc(c31)B2. The highest BCUT2D eigenvalue weighted by molar-refractivity contribution is 6.70. The normalized spacial score (nSPS) is 15.6. The highest BCUT2D eigenvalue weighted by atomic mass is 14.9. The molecule has 0 spiro atoms. The van der Waals surface area contributed by atoms with Crippen LogP contribution in [-0.4, -0.2) is 7.28 Å². The Kier molecular flexibility index (Phi) is 6.37. The molecule has 1 nitrogen and oxygen atoms in total. The minimum atomic E-state index is -0.489. The number of fused-ring (bicyclic) bond motifs is 8. The van der Waals surface area contributed by atoms with Crippen LogP contribution in [0.5, 0.6) is 0 Å². The summed E-state index contributed by atoms with van der Waals surface area (Å²) in [6.45, 7) is 2.28. The molecule has 3 aliphatic rings. The van der Waals surface area contributed by atoms with E-state index in [2.05, 4.69) is 182 Å². The molecule has 2 aliphatic heterocycles. The van der Waals surface area contributed by atoms with Crippen LogP contribution < -0.4 is 16.2 Å². The van der Waals surface area contributed by atoms with Crippen LogP contribution in [-0.2, 0) is 11.8 Å². The van der Waals surface area contributed by atoms with Gasteiger partial charge in [0.15, 0.2) is 7.28 Å². The molecular formula is C50H36BN. The zero-order chi connectivity index (χ0) is 34.4. The van der Waals surface area contributed by atoms with Crippen molar-refractivity contribution >= 4 is 40.4 Å². The van der Waals surface area contributed by atoms with E-state index in [-0.39, 0.29) is 0 Å². The Morgan fingerprint density at radius 3 is 2.12 bits per heavy atom. The summed E-state index contributed by atoms with van der Waals surface area (Å²) in [6.07, 6.45) is 1.02. The van der Waals surface area contributed by atoms with Gasteiger partial charge in [0.05, 0.1) is 11.1 Å². The molecule has 0 amide bonds. The lowest BCUT2D eigenvalue weighted by Crippen LogP contribution is -2.42. The van der Waals surface area contributed by atoms with Crippen LogP contribution in [0.1, 0.15) is 50.4 Å². The number of para-hydroxylation sites is 2. The van der Waals surface area contributed by atoms with Gasteiger partial charge in [-0.1, -0.05) is 180 Å². The second-order valence-electron chi connectivity index (χ2n) is 14.9. The third-order valence-electron chi connectivity index (χ3n) is 12.2. The monoisotopic (exact) mass is 661 g/mol. The molecular weight excluding hydrogens is 625 g/mol. The summed E-state index contributed by atoms with van der Waals surface area (Å²) < 4.78 is 0. The molecule has 2 heterocycles. The first-order valence-corrected chi connectivity index (χ1v) is 18.6. The minimum absolute atomic E-state index is 0.322. The van der Waals surface area contributed by atoms with E-state index in [1.807, 2.05) is 0 Å².